The van der Waals surface area contributed by atoms with Crippen molar-refractivity contribution in [3.63, 3.8) is 0 Å². The summed E-state index contributed by atoms with van der Waals surface area (Å²) in [4.78, 5) is 12.5. The topological polar surface area (TPSA) is 66.5 Å². The van der Waals surface area contributed by atoms with E-state index in [2.05, 4.69) is 12.2 Å². The summed E-state index contributed by atoms with van der Waals surface area (Å²) in [6.07, 6.45) is 4.46. The fourth-order valence-corrected chi connectivity index (χ4v) is 3.74. The highest BCUT2D eigenvalue weighted by Gasteiger charge is 2.24. The molecule has 1 aromatic rings. The van der Waals surface area contributed by atoms with Gasteiger partial charge in [-0.3, -0.25) is 4.79 Å². The number of rotatable bonds is 4. The molecule has 0 bridgehead atoms. The van der Waals surface area contributed by atoms with Crippen molar-refractivity contribution >= 4 is 15.9 Å². The molecule has 1 amide bonds. The number of nitrogens with one attached hydrogen (secondary N) is 1. The van der Waals surface area contributed by atoms with Gasteiger partial charge in [-0.05, 0) is 37.0 Å². The summed E-state index contributed by atoms with van der Waals surface area (Å²) in [6, 6.07) is 6.39. The second-order valence-corrected chi connectivity index (χ2v) is 8.31. The lowest BCUT2D eigenvalue weighted by Gasteiger charge is -2.29. The molecule has 1 saturated carbocycles. The Balaban J connectivity index is 2.17. The summed E-state index contributed by atoms with van der Waals surface area (Å²) in [5.41, 5.74) is 0.390. The molecule has 6 heteroatoms. The van der Waals surface area contributed by atoms with Crippen LogP contribution < -0.4 is 5.32 Å². The van der Waals surface area contributed by atoms with E-state index in [1.807, 2.05) is 0 Å². The maximum absolute atomic E-state index is 12.4. The van der Waals surface area contributed by atoms with Crippen molar-refractivity contribution in [3.05, 3.63) is 29.8 Å². The predicted molar refractivity (Wildman–Crippen MR) is 86.2 cm³/mol. The van der Waals surface area contributed by atoms with Crippen molar-refractivity contribution in [1.29, 1.82) is 0 Å². The number of benzene rings is 1. The Morgan fingerprint density at radius 3 is 2.55 bits per heavy atom. The standard InChI is InChI=1S/C16H24N2O3S/c1-12-7-4-5-10-15(12)17-16(19)13-8-6-9-14(11-13)22(20,21)18(2)3/h6,8-9,11-12,15H,4-5,7,10H2,1-3H3,(H,17,19)/t12-,15-/m0/s1. The Bertz CT molecular complexity index is 641. The van der Waals surface area contributed by atoms with E-state index in [4.69, 9.17) is 0 Å². The lowest BCUT2D eigenvalue weighted by Crippen LogP contribution is -2.41. The molecular formula is C16H24N2O3S. The second-order valence-electron chi connectivity index (χ2n) is 6.16. The van der Waals surface area contributed by atoms with E-state index >= 15 is 0 Å². The zero-order chi connectivity index (χ0) is 16.3. The van der Waals surface area contributed by atoms with Gasteiger partial charge < -0.3 is 5.32 Å². The van der Waals surface area contributed by atoms with Gasteiger partial charge in [0.1, 0.15) is 0 Å². The summed E-state index contributed by atoms with van der Waals surface area (Å²) < 4.78 is 25.4. The van der Waals surface area contributed by atoms with Crippen molar-refractivity contribution in [3.8, 4) is 0 Å². The Hall–Kier alpha value is -1.40. The first-order valence-corrected chi connectivity index (χ1v) is 9.10. The molecular weight excluding hydrogens is 300 g/mol. The normalized spacial score (nSPS) is 22.5. The van der Waals surface area contributed by atoms with Gasteiger partial charge in [-0.2, -0.15) is 0 Å². The van der Waals surface area contributed by atoms with Gasteiger partial charge in [0.15, 0.2) is 0 Å². The minimum absolute atomic E-state index is 0.141. The Morgan fingerprint density at radius 1 is 1.23 bits per heavy atom. The average Bonchev–Trinajstić information content (AvgIpc) is 2.49. The molecule has 2 rings (SSSR count). The van der Waals surface area contributed by atoms with Crippen molar-refractivity contribution in [1.82, 2.24) is 9.62 Å². The summed E-state index contributed by atoms with van der Waals surface area (Å²) in [6.45, 7) is 2.15. The molecule has 1 aromatic carbocycles. The Kier molecular flexibility index (Phi) is 5.24. The van der Waals surface area contributed by atoms with Crippen molar-refractivity contribution < 1.29 is 13.2 Å². The van der Waals surface area contributed by atoms with Crippen LogP contribution in [0.5, 0.6) is 0 Å². The van der Waals surface area contributed by atoms with Crippen LogP contribution in [0.15, 0.2) is 29.2 Å². The molecule has 0 saturated heterocycles. The van der Waals surface area contributed by atoms with Gasteiger partial charge >= 0.3 is 0 Å². The molecule has 2 atom stereocenters. The van der Waals surface area contributed by atoms with Crippen LogP contribution in [0.1, 0.15) is 43.0 Å². The first-order valence-electron chi connectivity index (χ1n) is 7.66. The van der Waals surface area contributed by atoms with Gasteiger partial charge in [0.05, 0.1) is 4.90 Å². The third-order valence-electron chi connectivity index (χ3n) is 4.30. The number of nitrogens with zero attached hydrogens (tertiary/aromatic N) is 1. The molecule has 0 aromatic heterocycles. The number of carbonyl (C=O) groups is 1. The first-order chi connectivity index (χ1) is 10.3. The van der Waals surface area contributed by atoms with Gasteiger partial charge in [-0.1, -0.05) is 25.8 Å². The molecule has 0 aliphatic heterocycles. The average molecular weight is 324 g/mol. The number of sulfonamides is 1. The molecule has 1 aliphatic rings. The quantitative estimate of drug-likeness (QED) is 0.924. The minimum atomic E-state index is -3.52. The molecule has 1 fully saturated rings. The third-order valence-corrected chi connectivity index (χ3v) is 6.11. The molecule has 5 nitrogen and oxygen atoms in total. The van der Waals surface area contributed by atoms with E-state index in [9.17, 15) is 13.2 Å². The van der Waals surface area contributed by atoms with Crippen LogP contribution in [0.3, 0.4) is 0 Å². The van der Waals surface area contributed by atoms with Crippen molar-refractivity contribution in [2.75, 3.05) is 14.1 Å². The highest BCUT2D eigenvalue weighted by atomic mass is 32.2. The zero-order valence-corrected chi connectivity index (χ0v) is 14.2. The summed E-state index contributed by atoms with van der Waals surface area (Å²) in [5, 5.41) is 3.05. The Morgan fingerprint density at radius 2 is 1.91 bits per heavy atom. The van der Waals surface area contributed by atoms with E-state index < -0.39 is 10.0 Å². The van der Waals surface area contributed by atoms with E-state index in [1.165, 1.54) is 32.6 Å². The molecule has 0 unspecified atom stereocenters. The lowest BCUT2D eigenvalue weighted by atomic mass is 9.86. The van der Waals surface area contributed by atoms with E-state index in [-0.39, 0.29) is 16.8 Å². The van der Waals surface area contributed by atoms with E-state index in [1.54, 1.807) is 12.1 Å². The molecule has 1 N–H and O–H groups in total. The fourth-order valence-electron chi connectivity index (χ4n) is 2.79. The van der Waals surface area contributed by atoms with Crippen molar-refractivity contribution in [2.24, 2.45) is 5.92 Å². The summed E-state index contributed by atoms with van der Waals surface area (Å²) in [5.74, 6) is 0.265. The first kappa shape index (κ1) is 17.0. The molecule has 122 valence electrons. The highest BCUT2D eigenvalue weighted by Crippen LogP contribution is 2.24. The minimum Gasteiger partial charge on any atom is -0.349 e. The summed E-state index contributed by atoms with van der Waals surface area (Å²) in [7, 11) is -0.568. The molecule has 0 heterocycles. The highest BCUT2D eigenvalue weighted by molar-refractivity contribution is 7.89. The van der Waals surface area contributed by atoms with Crippen LogP contribution in [0, 0.1) is 5.92 Å². The largest absolute Gasteiger partial charge is 0.349 e. The number of hydrogen-bond donors (Lipinski definition) is 1. The van der Waals surface area contributed by atoms with Crippen LogP contribution in [0.4, 0.5) is 0 Å². The fraction of sp³-hybridized carbons (Fsp3) is 0.562. The van der Waals surface area contributed by atoms with E-state index in [0.29, 0.717) is 11.5 Å². The summed E-state index contributed by atoms with van der Waals surface area (Å²) >= 11 is 0. The second kappa shape index (κ2) is 6.79. The van der Waals surface area contributed by atoms with Crippen LogP contribution in [0.25, 0.3) is 0 Å². The monoisotopic (exact) mass is 324 g/mol. The van der Waals surface area contributed by atoms with Crippen LogP contribution in [-0.4, -0.2) is 38.8 Å². The molecule has 0 radical (unpaired) electrons. The zero-order valence-electron chi connectivity index (χ0n) is 13.4. The smallest absolute Gasteiger partial charge is 0.251 e. The van der Waals surface area contributed by atoms with Gasteiger partial charge in [-0.15, -0.1) is 0 Å². The predicted octanol–water partition coefficient (Wildman–Crippen LogP) is 2.25. The third kappa shape index (κ3) is 3.67. The molecule has 1 aliphatic carbocycles. The molecule has 22 heavy (non-hydrogen) atoms. The van der Waals surface area contributed by atoms with Crippen LogP contribution in [0.2, 0.25) is 0 Å². The number of carbonyl (C=O) groups excluding carboxylic acids is 1. The van der Waals surface area contributed by atoms with Crippen molar-refractivity contribution in [2.45, 2.75) is 43.5 Å². The van der Waals surface area contributed by atoms with Gasteiger partial charge in [-0.25, -0.2) is 12.7 Å². The van der Waals surface area contributed by atoms with Gasteiger partial charge in [0, 0.05) is 25.7 Å². The van der Waals surface area contributed by atoms with Gasteiger partial charge in [0.25, 0.3) is 5.91 Å². The van der Waals surface area contributed by atoms with Crippen LogP contribution in [-0.2, 0) is 10.0 Å². The maximum atomic E-state index is 12.4. The SMILES string of the molecule is C[C@H]1CCCC[C@@H]1NC(=O)c1cccc(S(=O)(=O)N(C)C)c1. The maximum Gasteiger partial charge on any atom is 0.251 e. The van der Waals surface area contributed by atoms with E-state index in [0.717, 1.165) is 23.6 Å². The lowest BCUT2D eigenvalue weighted by molar-refractivity contribution is 0.0910. The number of hydrogen-bond acceptors (Lipinski definition) is 3. The molecule has 0 spiro atoms. The van der Waals surface area contributed by atoms with Gasteiger partial charge in [0.2, 0.25) is 10.0 Å². The Labute approximate surface area is 132 Å². The number of amides is 1. The van der Waals surface area contributed by atoms with Crippen LogP contribution >= 0.6 is 0 Å².